The van der Waals surface area contributed by atoms with Crippen LogP contribution >= 0.6 is 11.3 Å². The molecule has 3 aliphatic heterocycles. The molecule has 3 saturated heterocycles. The number of aryl methyl sites for hydroxylation is 1. The lowest BCUT2D eigenvalue weighted by molar-refractivity contribution is 0.0447. The third kappa shape index (κ3) is 2.15. The summed E-state index contributed by atoms with van der Waals surface area (Å²) in [5.41, 5.74) is 9.41. The number of nitrogens with one attached hydrogen (secondary N) is 1. The third-order valence-corrected chi connectivity index (χ3v) is 6.64. The van der Waals surface area contributed by atoms with Crippen molar-refractivity contribution in [3.05, 3.63) is 23.8 Å². The van der Waals surface area contributed by atoms with Crippen LogP contribution in [0.15, 0.2) is 12.3 Å². The summed E-state index contributed by atoms with van der Waals surface area (Å²) in [7, 11) is 0. The molecular weight excluding hydrogens is 320 g/mol. The maximum Gasteiger partial charge on any atom is 0.148 e. The van der Waals surface area contributed by atoms with Gasteiger partial charge >= 0.3 is 0 Å². The van der Waals surface area contributed by atoms with E-state index in [1.807, 2.05) is 13.1 Å². The lowest BCUT2D eigenvalue weighted by Crippen LogP contribution is -2.44. The molecule has 3 N–H and O–H groups in total. The minimum atomic E-state index is 0.336. The fraction of sp³-hybridized carbons (Fsp3) is 0.471. The first-order valence-electron chi connectivity index (χ1n) is 8.50. The van der Waals surface area contributed by atoms with Gasteiger partial charge in [0.2, 0.25) is 0 Å². The summed E-state index contributed by atoms with van der Waals surface area (Å²) in [6.07, 6.45) is 5.66. The molecule has 3 fully saturated rings. The van der Waals surface area contributed by atoms with Crippen molar-refractivity contribution in [2.75, 3.05) is 18.8 Å². The number of aromatic amines is 1. The Bertz CT molecular complexity index is 905. The molecule has 0 aliphatic carbocycles. The Morgan fingerprint density at radius 3 is 2.79 bits per heavy atom. The molecule has 24 heavy (non-hydrogen) atoms. The van der Waals surface area contributed by atoms with Gasteiger partial charge in [-0.3, -0.25) is 10.00 Å². The van der Waals surface area contributed by atoms with Crippen LogP contribution in [0.1, 0.15) is 36.8 Å². The highest BCUT2D eigenvalue weighted by molar-refractivity contribution is 7.22. The van der Waals surface area contributed by atoms with E-state index in [4.69, 9.17) is 10.7 Å². The second-order valence-electron chi connectivity index (χ2n) is 6.93. The van der Waals surface area contributed by atoms with Gasteiger partial charge < -0.3 is 5.73 Å². The van der Waals surface area contributed by atoms with Crippen LogP contribution in [0.2, 0.25) is 0 Å². The van der Waals surface area contributed by atoms with Gasteiger partial charge in [-0.2, -0.15) is 5.10 Å². The number of nitrogen functional groups attached to an aromatic ring is 1. The number of nitrogens with two attached hydrogens (primary N) is 1. The van der Waals surface area contributed by atoms with Gasteiger partial charge in [-0.05, 0) is 51.3 Å². The zero-order valence-electron chi connectivity index (χ0n) is 13.6. The van der Waals surface area contributed by atoms with Crippen molar-refractivity contribution in [2.45, 2.75) is 32.2 Å². The lowest BCUT2D eigenvalue weighted by Gasteiger charge is -2.44. The van der Waals surface area contributed by atoms with Crippen LogP contribution < -0.4 is 5.73 Å². The number of fused-ring (bicyclic) bond motifs is 4. The molecule has 0 amide bonds. The highest BCUT2D eigenvalue weighted by atomic mass is 32.1. The average molecular weight is 340 g/mol. The van der Waals surface area contributed by atoms with Crippen molar-refractivity contribution in [1.82, 2.24) is 25.1 Å². The van der Waals surface area contributed by atoms with Crippen molar-refractivity contribution in [3.8, 4) is 10.4 Å². The van der Waals surface area contributed by atoms with E-state index in [2.05, 4.69) is 26.1 Å². The first-order chi connectivity index (χ1) is 11.7. The smallest absolute Gasteiger partial charge is 0.148 e. The van der Waals surface area contributed by atoms with Gasteiger partial charge in [-0.1, -0.05) is 0 Å². The summed E-state index contributed by atoms with van der Waals surface area (Å²) in [6.45, 7) is 4.36. The zero-order valence-corrected chi connectivity index (χ0v) is 14.4. The summed E-state index contributed by atoms with van der Waals surface area (Å²) in [4.78, 5) is 13.2. The molecule has 0 spiro atoms. The Morgan fingerprint density at radius 1 is 1.29 bits per heavy atom. The normalized spacial score (nSPS) is 26.3. The second-order valence-corrected chi connectivity index (χ2v) is 7.98. The predicted octanol–water partition coefficient (Wildman–Crippen LogP) is 3.13. The number of piperidine rings is 3. The number of hydrogen-bond acceptors (Lipinski definition) is 6. The van der Waals surface area contributed by atoms with E-state index in [9.17, 15) is 0 Å². The molecule has 0 radical (unpaired) electrons. The molecule has 3 aliphatic rings. The SMILES string of the molecule is Cc1[nH]ncc1-c1cc2nc([C@@H]3CC4CCN3CC4)nc(N)c2s1. The Labute approximate surface area is 144 Å². The molecule has 0 saturated carbocycles. The first-order valence-corrected chi connectivity index (χ1v) is 9.32. The van der Waals surface area contributed by atoms with Crippen LogP contribution in [-0.4, -0.2) is 38.2 Å². The highest BCUT2D eigenvalue weighted by Gasteiger charge is 2.36. The van der Waals surface area contributed by atoms with Gasteiger partial charge in [0.05, 0.1) is 22.5 Å². The minimum Gasteiger partial charge on any atom is -0.382 e. The number of nitrogens with zero attached hydrogens (tertiary/aromatic N) is 4. The minimum absolute atomic E-state index is 0.336. The van der Waals surface area contributed by atoms with Gasteiger partial charge in [-0.15, -0.1) is 11.3 Å². The second kappa shape index (κ2) is 5.26. The molecule has 0 aromatic carbocycles. The molecule has 6 heterocycles. The predicted molar refractivity (Wildman–Crippen MR) is 95.8 cm³/mol. The van der Waals surface area contributed by atoms with Crippen molar-refractivity contribution in [2.24, 2.45) is 5.92 Å². The van der Waals surface area contributed by atoms with E-state index in [0.717, 1.165) is 38.1 Å². The maximum absolute atomic E-state index is 6.28. The fourth-order valence-corrected chi connectivity index (χ4v) is 5.15. The summed E-state index contributed by atoms with van der Waals surface area (Å²) in [5, 5.41) is 7.11. The Balaban J connectivity index is 1.59. The van der Waals surface area contributed by atoms with Crippen LogP contribution in [0.3, 0.4) is 0 Å². The molecular formula is C17H20N6S. The van der Waals surface area contributed by atoms with E-state index >= 15 is 0 Å². The number of aromatic nitrogens is 4. The van der Waals surface area contributed by atoms with Crippen molar-refractivity contribution in [3.63, 3.8) is 0 Å². The van der Waals surface area contributed by atoms with Crippen molar-refractivity contribution < 1.29 is 0 Å². The molecule has 1 atom stereocenters. The Morgan fingerprint density at radius 2 is 2.12 bits per heavy atom. The third-order valence-electron chi connectivity index (χ3n) is 5.46. The maximum atomic E-state index is 6.28. The van der Waals surface area contributed by atoms with E-state index in [-0.39, 0.29) is 0 Å². The van der Waals surface area contributed by atoms with Crippen LogP contribution in [0.25, 0.3) is 20.7 Å². The first kappa shape index (κ1) is 14.4. The number of anilines is 1. The van der Waals surface area contributed by atoms with E-state index in [0.29, 0.717) is 11.9 Å². The molecule has 3 aromatic rings. The standard InChI is InChI=1S/C17H20N6S/c1-9-11(8-19-22-9)14-7-12-15(24-14)16(18)21-17(20-12)13-6-10-2-4-23(13)5-3-10/h7-8,10,13H,2-6H2,1H3,(H,19,22)(H2,18,20,21)/t13-/m0/s1. The Kier molecular flexibility index (Phi) is 3.14. The van der Waals surface area contributed by atoms with Crippen LogP contribution in [-0.2, 0) is 0 Å². The van der Waals surface area contributed by atoms with Crippen molar-refractivity contribution in [1.29, 1.82) is 0 Å². The van der Waals surface area contributed by atoms with Crippen LogP contribution in [0, 0.1) is 12.8 Å². The number of H-pyrrole nitrogens is 1. The molecule has 3 aromatic heterocycles. The molecule has 124 valence electrons. The average Bonchev–Trinajstić information content (AvgIpc) is 3.21. The van der Waals surface area contributed by atoms with Gasteiger partial charge in [0, 0.05) is 16.1 Å². The van der Waals surface area contributed by atoms with Crippen molar-refractivity contribution >= 4 is 27.4 Å². The number of thiophene rings is 1. The van der Waals surface area contributed by atoms with Gasteiger partial charge in [0.15, 0.2) is 0 Å². The zero-order chi connectivity index (χ0) is 16.3. The van der Waals surface area contributed by atoms with Gasteiger partial charge in [0.25, 0.3) is 0 Å². The summed E-state index contributed by atoms with van der Waals surface area (Å²) >= 11 is 1.64. The largest absolute Gasteiger partial charge is 0.382 e. The van der Waals surface area contributed by atoms with Crippen LogP contribution in [0.5, 0.6) is 0 Å². The summed E-state index contributed by atoms with van der Waals surface area (Å²) in [6, 6.07) is 2.46. The molecule has 0 unspecified atom stereocenters. The summed E-state index contributed by atoms with van der Waals surface area (Å²) < 4.78 is 0.977. The lowest BCUT2D eigenvalue weighted by atomic mass is 9.83. The van der Waals surface area contributed by atoms with Crippen LogP contribution in [0.4, 0.5) is 5.82 Å². The topological polar surface area (TPSA) is 83.7 Å². The van der Waals surface area contributed by atoms with Gasteiger partial charge in [0.1, 0.15) is 11.6 Å². The number of hydrogen-bond donors (Lipinski definition) is 2. The molecule has 2 bridgehead atoms. The summed E-state index contributed by atoms with van der Waals surface area (Å²) in [5.74, 6) is 2.33. The number of rotatable bonds is 2. The van der Waals surface area contributed by atoms with E-state index < -0.39 is 0 Å². The van der Waals surface area contributed by atoms with Gasteiger partial charge in [-0.25, -0.2) is 9.97 Å². The fourth-order valence-electron chi connectivity index (χ4n) is 4.09. The highest BCUT2D eigenvalue weighted by Crippen LogP contribution is 2.41. The Hall–Kier alpha value is -1.99. The van der Waals surface area contributed by atoms with E-state index in [1.165, 1.54) is 32.4 Å². The molecule has 6 nitrogen and oxygen atoms in total. The van der Waals surface area contributed by atoms with E-state index in [1.54, 1.807) is 11.3 Å². The monoisotopic (exact) mass is 340 g/mol. The quantitative estimate of drug-likeness (QED) is 0.749. The molecule has 6 rings (SSSR count). The molecule has 7 heteroatoms.